The van der Waals surface area contributed by atoms with Crippen molar-refractivity contribution < 1.29 is 0 Å². The first-order valence-electron chi connectivity index (χ1n) is 15.2. The molecule has 0 spiro atoms. The molecule has 0 radical (unpaired) electrons. The minimum Gasteiger partial charge on any atom is -0.264 e. The molecule has 9 rings (SSSR count). The molecule has 0 aliphatic carbocycles. The molecule has 5 heteroatoms. The lowest BCUT2D eigenvalue weighted by atomic mass is 9.96. The summed E-state index contributed by atoms with van der Waals surface area (Å²) in [5.74, 6) is 1.74. The Labute approximate surface area is 264 Å². The van der Waals surface area contributed by atoms with E-state index < -0.39 is 0 Å². The molecule has 0 aliphatic heterocycles. The Balaban J connectivity index is 1.32. The molecule has 3 heterocycles. The van der Waals surface area contributed by atoms with Crippen LogP contribution in [-0.2, 0) is 0 Å². The van der Waals surface area contributed by atoms with Gasteiger partial charge in [0.15, 0.2) is 17.5 Å². The van der Waals surface area contributed by atoms with Crippen LogP contribution >= 0.6 is 0 Å². The molecule has 0 fully saturated rings. The molecule has 214 valence electrons. The maximum absolute atomic E-state index is 5.22. The Kier molecular flexibility index (Phi) is 6.06. The average Bonchev–Trinajstić information content (AvgIpc) is 3.14. The number of hydrogen-bond donors (Lipinski definition) is 0. The van der Waals surface area contributed by atoms with Gasteiger partial charge < -0.3 is 0 Å². The van der Waals surface area contributed by atoms with Gasteiger partial charge in [-0.1, -0.05) is 109 Å². The standard InChI is InChI=1S/C41H25N5/c1-3-13-30-26(10-1)22-36(34-17-7-5-15-32(30)34)39-44-40(37-23-27-11-2-4-14-31(27)33-16-6-8-18-35(33)37)46-41(45-39)38-20-19-29(25-43-38)28-12-9-21-42-24-28/h1-25H. The van der Waals surface area contributed by atoms with E-state index >= 15 is 0 Å². The highest BCUT2D eigenvalue weighted by Crippen LogP contribution is 2.37. The minimum absolute atomic E-state index is 0.521. The average molecular weight is 588 g/mol. The van der Waals surface area contributed by atoms with Gasteiger partial charge in [0.1, 0.15) is 5.69 Å². The van der Waals surface area contributed by atoms with E-state index in [2.05, 4.69) is 114 Å². The number of hydrogen-bond acceptors (Lipinski definition) is 5. The summed E-state index contributed by atoms with van der Waals surface area (Å²) in [4.78, 5) is 24.5. The SMILES string of the molecule is c1cncc(-c2ccc(-c3nc(-c4cc5ccccc5c5ccccc45)nc(-c4cc5ccccc5c5ccccc45)n3)nc2)c1. The van der Waals surface area contributed by atoms with E-state index in [-0.39, 0.29) is 0 Å². The van der Waals surface area contributed by atoms with E-state index in [0.29, 0.717) is 23.2 Å². The molecule has 0 N–H and O–H groups in total. The number of nitrogens with zero attached hydrogens (tertiary/aromatic N) is 5. The number of benzene rings is 6. The fourth-order valence-corrected chi connectivity index (χ4v) is 6.44. The van der Waals surface area contributed by atoms with Crippen molar-refractivity contribution in [1.29, 1.82) is 0 Å². The maximum Gasteiger partial charge on any atom is 0.182 e. The first-order valence-corrected chi connectivity index (χ1v) is 15.2. The molecule has 0 bridgehead atoms. The fraction of sp³-hybridized carbons (Fsp3) is 0. The van der Waals surface area contributed by atoms with Crippen LogP contribution in [0, 0.1) is 0 Å². The first-order chi connectivity index (χ1) is 22.8. The van der Waals surface area contributed by atoms with Crippen LogP contribution in [0.25, 0.3) is 88.5 Å². The summed E-state index contributed by atoms with van der Waals surface area (Å²) in [6.45, 7) is 0. The molecule has 0 saturated heterocycles. The monoisotopic (exact) mass is 587 g/mol. The van der Waals surface area contributed by atoms with Crippen LogP contribution in [0.1, 0.15) is 0 Å². The van der Waals surface area contributed by atoms with Gasteiger partial charge in [0.2, 0.25) is 0 Å². The van der Waals surface area contributed by atoms with Crippen LogP contribution in [-0.4, -0.2) is 24.9 Å². The van der Waals surface area contributed by atoms with Gasteiger partial charge in [-0.15, -0.1) is 0 Å². The van der Waals surface area contributed by atoms with Crippen molar-refractivity contribution in [2.45, 2.75) is 0 Å². The van der Waals surface area contributed by atoms with E-state index in [1.165, 1.54) is 10.8 Å². The van der Waals surface area contributed by atoms with Gasteiger partial charge >= 0.3 is 0 Å². The van der Waals surface area contributed by atoms with Gasteiger partial charge in [0.25, 0.3) is 0 Å². The maximum atomic E-state index is 5.22. The van der Waals surface area contributed by atoms with Gasteiger partial charge in [-0.3, -0.25) is 9.97 Å². The minimum atomic E-state index is 0.521. The highest BCUT2D eigenvalue weighted by molar-refractivity contribution is 6.14. The van der Waals surface area contributed by atoms with Crippen LogP contribution in [0.3, 0.4) is 0 Å². The molecule has 3 aromatic heterocycles. The van der Waals surface area contributed by atoms with Crippen molar-refractivity contribution in [2.75, 3.05) is 0 Å². The first kappa shape index (κ1) is 26.1. The van der Waals surface area contributed by atoms with Gasteiger partial charge in [-0.2, -0.15) is 0 Å². The molecule has 0 amide bonds. The second kappa shape index (κ2) is 10.7. The number of pyridine rings is 2. The topological polar surface area (TPSA) is 64.5 Å². The lowest BCUT2D eigenvalue weighted by Gasteiger charge is -2.14. The van der Waals surface area contributed by atoms with E-state index in [9.17, 15) is 0 Å². The molecule has 46 heavy (non-hydrogen) atoms. The molecule has 9 aromatic rings. The van der Waals surface area contributed by atoms with Gasteiger partial charge in [0.05, 0.1) is 0 Å². The number of rotatable bonds is 4. The van der Waals surface area contributed by atoms with E-state index in [1.54, 1.807) is 6.20 Å². The van der Waals surface area contributed by atoms with E-state index in [4.69, 9.17) is 19.9 Å². The normalized spacial score (nSPS) is 11.5. The molecule has 0 atom stereocenters. The number of fused-ring (bicyclic) bond motifs is 6. The van der Waals surface area contributed by atoms with Crippen LogP contribution in [0.15, 0.2) is 152 Å². The largest absolute Gasteiger partial charge is 0.264 e. The zero-order valence-electron chi connectivity index (χ0n) is 24.7. The lowest BCUT2D eigenvalue weighted by molar-refractivity contribution is 1.06. The Morgan fingerprint density at radius 2 is 0.870 bits per heavy atom. The molecular formula is C41H25N5. The van der Waals surface area contributed by atoms with Crippen LogP contribution < -0.4 is 0 Å². The van der Waals surface area contributed by atoms with Crippen molar-refractivity contribution in [3.63, 3.8) is 0 Å². The fourth-order valence-electron chi connectivity index (χ4n) is 6.44. The van der Waals surface area contributed by atoms with Crippen LogP contribution in [0.4, 0.5) is 0 Å². The van der Waals surface area contributed by atoms with Gasteiger partial charge in [-0.25, -0.2) is 15.0 Å². The molecule has 5 nitrogen and oxygen atoms in total. The summed E-state index contributed by atoms with van der Waals surface area (Å²) in [6, 6.07) is 46.2. The third kappa shape index (κ3) is 4.37. The molecule has 0 aliphatic rings. The second-order valence-corrected chi connectivity index (χ2v) is 11.4. The summed E-state index contributed by atoms with van der Waals surface area (Å²) in [5.41, 5.74) is 4.57. The Morgan fingerprint density at radius 1 is 0.370 bits per heavy atom. The van der Waals surface area contributed by atoms with E-state index in [1.807, 2.05) is 36.7 Å². The highest BCUT2D eigenvalue weighted by atomic mass is 15.0. The molecule has 0 saturated carbocycles. The zero-order valence-corrected chi connectivity index (χ0v) is 24.7. The second-order valence-electron chi connectivity index (χ2n) is 11.4. The summed E-state index contributed by atoms with van der Waals surface area (Å²) in [5, 5.41) is 9.17. The summed E-state index contributed by atoms with van der Waals surface area (Å²) in [7, 11) is 0. The van der Waals surface area contributed by atoms with Crippen molar-refractivity contribution in [3.8, 4) is 45.4 Å². The van der Waals surface area contributed by atoms with Gasteiger partial charge in [-0.05, 0) is 67.4 Å². The third-order valence-corrected chi connectivity index (χ3v) is 8.64. The van der Waals surface area contributed by atoms with Crippen LogP contribution in [0.2, 0.25) is 0 Å². The predicted molar refractivity (Wildman–Crippen MR) is 187 cm³/mol. The summed E-state index contributed by atoms with van der Waals surface area (Å²) >= 11 is 0. The Morgan fingerprint density at radius 3 is 1.39 bits per heavy atom. The third-order valence-electron chi connectivity index (χ3n) is 8.64. The van der Waals surface area contributed by atoms with Gasteiger partial charge in [0, 0.05) is 40.8 Å². The van der Waals surface area contributed by atoms with Crippen LogP contribution in [0.5, 0.6) is 0 Å². The lowest BCUT2D eigenvalue weighted by Crippen LogP contribution is -2.02. The summed E-state index contributed by atoms with van der Waals surface area (Å²) in [6.07, 6.45) is 5.46. The van der Waals surface area contributed by atoms with Crippen molar-refractivity contribution in [3.05, 3.63) is 152 Å². The molecule has 0 unspecified atom stereocenters. The molecule has 6 aromatic carbocycles. The quantitative estimate of drug-likeness (QED) is 0.192. The predicted octanol–water partition coefficient (Wildman–Crippen LogP) is 9.94. The van der Waals surface area contributed by atoms with Crippen molar-refractivity contribution >= 4 is 43.1 Å². The van der Waals surface area contributed by atoms with Crippen molar-refractivity contribution in [1.82, 2.24) is 24.9 Å². The smallest absolute Gasteiger partial charge is 0.182 e. The van der Waals surface area contributed by atoms with E-state index in [0.717, 1.165) is 54.6 Å². The molecular weight excluding hydrogens is 562 g/mol. The number of aromatic nitrogens is 5. The summed E-state index contributed by atoms with van der Waals surface area (Å²) < 4.78 is 0. The highest BCUT2D eigenvalue weighted by Gasteiger charge is 2.18. The van der Waals surface area contributed by atoms with Crippen molar-refractivity contribution in [2.24, 2.45) is 0 Å². The Bertz CT molecular complexity index is 2440. The Hall–Kier alpha value is -6.33. The zero-order chi connectivity index (χ0) is 30.5.